The van der Waals surface area contributed by atoms with Gasteiger partial charge in [0.25, 0.3) is 0 Å². The van der Waals surface area contributed by atoms with E-state index in [-0.39, 0.29) is 0 Å². The largest absolute Gasteiger partial charge is 0.494 e. The quantitative estimate of drug-likeness (QED) is 0.0653. The van der Waals surface area contributed by atoms with Crippen molar-refractivity contribution in [1.82, 2.24) is 39.9 Å². The van der Waals surface area contributed by atoms with Crippen LogP contribution in [0.3, 0.4) is 0 Å². The molecule has 1 saturated heterocycles. The summed E-state index contributed by atoms with van der Waals surface area (Å²) in [6.07, 6.45) is 0. The Balaban J connectivity index is 0.000000147. The lowest BCUT2D eigenvalue weighted by Crippen LogP contribution is -2.41. The third-order valence-electron chi connectivity index (χ3n) is 18.6. The fraction of sp³-hybridized carbons (Fsp3) is 0.0909. The van der Waals surface area contributed by atoms with E-state index in [1.807, 2.05) is 152 Å². The van der Waals surface area contributed by atoms with E-state index in [0.29, 0.717) is 46.7 Å². The second-order valence-corrected chi connectivity index (χ2v) is 26.6. The standard InChI is InChI=1S/C41H34BN3O2.C41H28N4O.C6H6BrNO/c1-40(2)41(3,4)47-42(46-40)32-24-30(36-26-29-19-11-12-20-33(29)34-21-13-14-22-35(34)36)23-31(25-32)39-44-37(27-15-7-5-8-16-27)43-38(45-39)28-17-9-6-10-18-28;1-46-38-22-12-21-37(42-38)31-23-30(36-26-29-17-8-9-18-33(29)34-19-10-11-20-35(34)36)24-32(25-31)41-44-39(27-13-4-2-5-14-27)43-40(45-41)28-15-6-3-7-16-28;1-9-6-4-2-3-5(7)8-6/h5-26H,1-4H3;2-26H,1H3;2-4H,1H3. The Hall–Kier alpha value is -11.9. The third kappa shape index (κ3) is 13.9. The zero-order valence-electron chi connectivity index (χ0n) is 57.0. The Kier molecular flexibility index (Phi) is 18.6. The summed E-state index contributed by atoms with van der Waals surface area (Å²) in [4.78, 5) is 38.8. The van der Waals surface area contributed by atoms with Gasteiger partial charge < -0.3 is 18.8 Å². The summed E-state index contributed by atoms with van der Waals surface area (Å²) in [6, 6.07) is 103. The van der Waals surface area contributed by atoms with E-state index in [1.165, 1.54) is 43.1 Å². The van der Waals surface area contributed by atoms with Crippen LogP contribution < -0.4 is 14.9 Å². The van der Waals surface area contributed by atoms with E-state index in [0.717, 1.165) is 77.0 Å². The number of aromatic nitrogens is 8. The van der Waals surface area contributed by atoms with Crippen LogP contribution in [0.2, 0.25) is 0 Å². The first-order chi connectivity index (χ1) is 49.8. The lowest BCUT2D eigenvalue weighted by molar-refractivity contribution is 0.00578. The number of hydrogen-bond acceptors (Lipinski definition) is 12. The number of methoxy groups -OCH3 is 2. The monoisotopic (exact) mass is 1390 g/mol. The highest BCUT2D eigenvalue weighted by Gasteiger charge is 2.52. The molecule has 16 aromatic rings. The number of halogens is 1. The first-order valence-electron chi connectivity index (χ1n) is 33.7. The molecule has 17 rings (SSSR count). The van der Waals surface area contributed by atoms with E-state index in [2.05, 4.69) is 194 Å². The molecule has 4 aromatic heterocycles. The van der Waals surface area contributed by atoms with Crippen molar-refractivity contribution in [3.63, 3.8) is 0 Å². The lowest BCUT2D eigenvalue weighted by atomic mass is 9.76. The average Bonchev–Trinajstić information content (AvgIpc) is 1.32. The fourth-order valence-electron chi connectivity index (χ4n) is 12.8. The first-order valence-corrected chi connectivity index (χ1v) is 34.5. The number of pyridine rings is 2. The van der Waals surface area contributed by atoms with Crippen LogP contribution in [-0.2, 0) is 9.31 Å². The molecule has 0 amide bonds. The Morgan fingerprint density at radius 2 is 0.608 bits per heavy atom. The molecule has 1 aliphatic heterocycles. The molecule has 0 radical (unpaired) electrons. The van der Waals surface area contributed by atoms with Gasteiger partial charge >= 0.3 is 7.12 Å². The molecule has 12 aromatic carbocycles. The number of nitrogens with zero attached hydrogens (tertiary/aromatic N) is 8. The maximum absolute atomic E-state index is 6.60. The van der Waals surface area contributed by atoms with Crippen LogP contribution in [0.15, 0.2) is 308 Å². The number of ether oxygens (including phenoxy) is 2. The van der Waals surface area contributed by atoms with Gasteiger partial charge in [-0.05, 0) is 163 Å². The smallest absolute Gasteiger partial charge is 0.481 e. The zero-order chi connectivity index (χ0) is 69.7. The molecule has 102 heavy (non-hydrogen) atoms. The van der Waals surface area contributed by atoms with Crippen molar-refractivity contribution < 1.29 is 18.8 Å². The van der Waals surface area contributed by atoms with E-state index >= 15 is 0 Å². The topological polar surface area (TPSA) is 140 Å². The minimum Gasteiger partial charge on any atom is -0.481 e. The zero-order valence-corrected chi connectivity index (χ0v) is 58.6. The summed E-state index contributed by atoms with van der Waals surface area (Å²) in [7, 11) is 2.67. The molecular weight excluding hydrogens is 1320 g/mol. The number of fused-ring (bicyclic) bond motifs is 6. The van der Waals surface area contributed by atoms with Crippen LogP contribution in [0.4, 0.5) is 0 Å². The molecule has 1 fully saturated rings. The van der Waals surface area contributed by atoms with Gasteiger partial charge in [-0.15, -0.1) is 0 Å². The summed E-state index contributed by atoms with van der Waals surface area (Å²) in [5.41, 5.74) is 11.4. The summed E-state index contributed by atoms with van der Waals surface area (Å²) < 4.78 is 24.3. The molecule has 0 aliphatic carbocycles. The number of hydrogen-bond donors (Lipinski definition) is 0. The van der Waals surface area contributed by atoms with Crippen molar-refractivity contribution in [3.05, 3.63) is 308 Å². The van der Waals surface area contributed by atoms with E-state index < -0.39 is 18.3 Å². The molecule has 0 N–H and O–H groups in total. The van der Waals surface area contributed by atoms with Gasteiger partial charge in [0.05, 0.1) is 31.1 Å². The normalized spacial score (nSPS) is 12.9. The Labute approximate surface area is 601 Å². The van der Waals surface area contributed by atoms with Crippen LogP contribution in [0.5, 0.6) is 11.8 Å². The van der Waals surface area contributed by atoms with E-state index in [9.17, 15) is 0 Å². The minimum atomic E-state index is -0.561. The Morgan fingerprint density at radius 1 is 0.284 bits per heavy atom. The summed E-state index contributed by atoms with van der Waals surface area (Å²) in [5.74, 6) is 4.83. The van der Waals surface area contributed by atoms with Crippen LogP contribution >= 0.6 is 15.9 Å². The van der Waals surface area contributed by atoms with E-state index in [1.54, 1.807) is 20.3 Å². The van der Waals surface area contributed by atoms with Gasteiger partial charge in [-0.2, -0.15) is 0 Å². The maximum atomic E-state index is 6.60. The van der Waals surface area contributed by atoms with Gasteiger partial charge in [0.2, 0.25) is 11.8 Å². The van der Waals surface area contributed by atoms with Gasteiger partial charge in [-0.3, -0.25) is 0 Å². The molecule has 0 bridgehead atoms. The van der Waals surface area contributed by atoms with Crippen molar-refractivity contribution in [3.8, 4) is 114 Å². The van der Waals surface area contributed by atoms with Gasteiger partial charge in [0, 0.05) is 51.1 Å². The second kappa shape index (κ2) is 28.7. The first kappa shape index (κ1) is 66.0. The third-order valence-corrected chi connectivity index (χ3v) is 19.1. The van der Waals surface area contributed by atoms with Gasteiger partial charge in [0.15, 0.2) is 34.9 Å². The lowest BCUT2D eigenvalue weighted by Gasteiger charge is -2.32. The summed E-state index contributed by atoms with van der Waals surface area (Å²) >= 11 is 3.21. The van der Waals surface area contributed by atoms with Gasteiger partial charge in [0.1, 0.15) is 4.60 Å². The molecule has 0 atom stereocenters. The maximum Gasteiger partial charge on any atom is 0.494 e. The molecule has 0 spiro atoms. The van der Waals surface area contributed by atoms with Gasteiger partial charge in [-0.1, -0.05) is 243 Å². The Morgan fingerprint density at radius 3 is 1.02 bits per heavy atom. The molecule has 1 aliphatic rings. The van der Waals surface area contributed by atoms with Crippen LogP contribution in [0, 0.1) is 0 Å². The second-order valence-electron chi connectivity index (χ2n) is 25.8. The number of rotatable bonds is 12. The van der Waals surface area contributed by atoms with Crippen molar-refractivity contribution >= 4 is 71.6 Å². The van der Waals surface area contributed by atoms with Crippen LogP contribution in [-0.4, -0.2) is 72.4 Å². The predicted molar refractivity (Wildman–Crippen MR) is 417 cm³/mol. The highest BCUT2D eigenvalue weighted by molar-refractivity contribution is 9.10. The van der Waals surface area contributed by atoms with Crippen molar-refractivity contribution in [2.45, 2.75) is 38.9 Å². The molecule has 14 heteroatoms. The Bertz CT molecular complexity index is 5610. The molecule has 0 unspecified atom stereocenters. The highest BCUT2D eigenvalue weighted by Crippen LogP contribution is 2.42. The molecule has 5 heterocycles. The minimum absolute atomic E-state index is 0.488. The van der Waals surface area contributed by atoms with Crippen LogP contribution in [0.1, 0.15) is 27.7 Å². The van der Waals surface area contributed by atoms with Crippen molar-refractivity contribution in [2.75, 3.05) is 14.2 Å². The molecule has 494 valence electrons. The van der Waals surface area contributed by atoms with Crippen LogP contribution in [0.25, 0.3) is 145 Å². The average molecular weight is 1390 g/mol. The van der Waals surface area contributed by atoms with Gasteiger partial charge in [-0.25, -0.2) is 39.9 Å². The number of benzene rings is 12. The summed E-state index contributed by atoms with van der Waals surface area (Å²) in [5, 5.41) is 9.59. The molecular formula is C88H68BBrN8O4. The SMILES string of the molecule is CC1(C)OB(c2cc(-c3nc(-c4ccccc4)nc(-c4ccccc4)n3)cc(-c3cc4ccccc4c4ccccc34)c2)OC1(C)C.COc1cccc(-c2cc(-c3nc(-c4ccccc4)nc(-c4ccccc4)n3)cc(-c3cc4ccccc4c4ccccc34)c2)n1.COc1cccc(Br)n1. The molecule has 0 saturated carbocycles. The fourth-order valence-corrected chi connectivity index (χ4v) is 13.1. The van der Waals surface area contributed by atoms with E-state index in [4.69, 9.17) is 53.7 Å². The van der Waals surface area contributed by atoms with Crippen molar-refractivity contribution in [1.29, 1.82) is 0 Å². The molecule has 12 nitrogen and oxygen atoms in total. The predicted octanol–water partition coefficient (Wildman–Crippen LogP) is 20.9. The summed E-state index contributed by atoms with van der Waals surface area (Å²) in [6.45, 7) is 8.33. The van der Waals surface area contributed by atoms with Crippen molar-refractivity contribution in [2.24, 2.45) is 0 Å². The highest BCUT2D eigenvalue weighted by atomic mass is 79.9.